The molecule has 1 aliphatic heterocycles. The molecule has 1 aromatic carbocycles. The van der Waals surface area contributed by atoms with Crippen molar-refractivity contribution in [3.8, 4) is 5.75 Å². The van der Waals surface area contributed by atoms with Crippen molar-refractivity contribution in [2.75, 3.05) is 23.8 Å². The number of hydrogen-bond donors (Lipinski definition) is 3. The van der Waals surface area contributed by atoms with E-state index in [1.807, 2.05) is 0 Å². The number of anilines is 2. The van der Waals surface area contributed by atoms with Gasteiger partial charge in [0.15, 0.2) is 11.6 Å². The zero-order valence-electron chi connectivity index (χ0n) is 13.3. The Morgan fingerprint density at radius 3 is 3.17 bits per heavy atom. The van der Waals surface area contributed by atoms with Crippen LogP contribution in [0.3, 0.4) is 0 Å². The lowest BCUT2D eigenvalue weighted by molar-refractivity contribution is 0.321. The molecule has 122 valence electrons. The second kappa shape index (κ2) is 5.40. The summed E-state index contributed by atoms with van der Waals surface area (Å²) in [6.07, 6.45) is 4.70. The first-order valence-electron chi connectivity index (χ1n) is 8.45. The number of nitrogens with one attached hydrogen (secondary N) is 3. The molecule has 3 aromatic rings. The second-order valence-electron chi connectivity index (χ2n) is 6.39. The van der Waals surface area contributed by atoms with Crippen LogP contribution in [0.5, 0.6) is 5.75 Å². The molecule has 3 N–H and O–H groups in total. The Bertz CT molecular complexity index is 904. The summed E-state index contributed by atoms with van der Waals surface area (Å²) in [4.78, 5) is 12.2. The van der Waals surface area contributed by atoms with Gasteiger partial charge in [-0.1, -0.05) is 18.2 Å². The van der Waals surface area contributed by atoms with E-state index in [9.17, 15) is 0 Å². The van der Waals surface area contributed by atoms with Crippen LogP contribution in [0.1, 0.15) is 17.7 Å². The minimum atomic E-state index is 0.348. The summed E-state index contributed by atoms with van der Waals surface area (Å²) in [5, 5.41) is 8.16. The topological polar surface area (TPSA) is 74.9 Å². The van der Waals surface area contributed by atoms with Gasteiger partial charge in [-0.05, 0) is 30.9 Å². The van der Waals surface area contributed by atoms with E-state index in [1.54, 1.807) is 6.33 Å². The molecule has 6 heteroatoms. The van der Waals surface area contributed by atoms with Gasteiger partial charge in [0.1, 0.15) is 12.9 Å². The highest BCUT2D eigenvalue weighted by atomic mass is 16.5. The maximum absolute atomic E-state index is 5.76. The minimum Gasteiger partial charge on any atom is -0.485 e. The average molecular weight is 321 g/mol. The van der Waals surface area contributed by atoms with Crippen LogP contribution in [-0.4, -0.2) is 34.1 Å². The fraction of sp³-hybridized carbons (Fsp3) is 0.333. The fourth-order valence-electron chi connectivity index (χ4n) is 3.75. The zero-order valence-corrected chi connectivity index (χ0v) is 13.3. The van der Waals surface area contributed by atoms with Gasteiger partial charge in [0, 0.05) is 22.6 Å². The van der Waals surface area contributed by atoms with Gasteiger partial charge < -0.3 is 20.4 Å². The summed E-state index contributed by atoms with van der Waals surface area (Å²) >= 11 is 0. The van der Waals surface area contributed by atoms with Gasteiger partial charge in [0.05, 0.1) is 6.54 Å². The SMILES string of the molecule is c1ccc2c3c([nH]c2c1)CC[C@@H](Nc1ncnc2c1OCCN2)C3. The summed E-state index contributed by atoms with van der Waals surface area (Å²) < 4.78 is 5.76. The number of H-pyrrole nitrogens is 1. The van der Waals surface area contributed by atoms with E-state index >= 15 is 0 Å². The Labute approximate surface area is 139 Å². The molecular formula is C18H19N5O. The van der Waals surface area contributed by atoms with E-state index in [2.05, 4.69) is 49.9 Å². The molecule has 2 aliphatic rings. The molecule has 6 nitrogen and oxygen atoms in total. The molecule has 5 rings (SSSR count). The predicted octanol–water partition coefficient (Wildman–Crippen LogP) is 2.73. The molecule has 0 fully saturated rings. The van der Waals surface area contributed by atoms with Crippen molar-refractivity contribution in [3.63, 3.8) is 0 Å². The molecule has 1 atom stereocenters. The average Bonchev–Trinajstić information content (AvgIpc) is 3.00. The lowest BCUT2D eigenvalue weighted by Gasteiger charge is -2.26. The number of aryl methyl sites for hydroxylation is 1. The van der Waals surface area contributed by atoms with Crippen LogP contribution >= 0.6 is 0 Å². The molecule has 0 bridgehead atoms. The maximum Gasteiger partial charge on any atom is 0.204 e. The van der Waals surface area contributed by atoms with Crippen LogP contribution in [0.4, 0.5) is 11.6 Å². The minimum absolute atomic E-state index is 0.348. The Morgan fingerprint density at radius 2 is 2.17 bits per heavy atom. The maximum atomic E-state index is 5.76. The first-order valence-corrected chi connectivity index (χ1v) is 8.45. The van der Waals surface area contributed by atoms with Crippen LogP contribution in [0.2, 0.25) is 0 Å². The highest BCUT2D eigenvalue weighted by Crippen LogP contribution is 2.34. The number of ether oxygens (including phenoxy) is 1. The number of para-hydroxylation sites is 1. The monoisotopic (exact) mass is 321 g/mol. The Balaban J connectivity index is 1.44. The number of hydrogen-bond acceptors (Lipinski definition) is 5. The first-order chi connectivity index (χ1) is 11.9. The smallest absolute Gasteiger partial charge is 0.204 e. The van der Waals surface area contributed by atoms with E-state index in [4.69, 9.17) is 4.74 Å². The molecule has 2 aromatic heterocycles. The second-order valence-corrected chi connectivity index (χ2v) is 6.39. The molecule has 24 heavy (non-hydrogen) atoms. The van der Waals surface area contributed by atoms with Crippen LogP contribution in [0, 0.1) is 0 Å². The Morgan fingerprint density at radius 1 is 1.21 bits per heavy atom. The third kappa shape index (κ3) is 2.18. The number of aromatic nitrogens is 3. The number of benzene rings is 1. The lowest BCUT2D eigenvalue weighted by atomic mass is 9.91. The quantitative estimate of drug-likeness (QED) is 0.677. The summed E-state index contributed by atoms with van der Waals surface area (Å²) in [5.74, 6) is 2.32. The van der Waals surface area contributed by atoms with Gasteiger partial charge in [0.25, 0.3) is 0 Å². The molecule has 0 spiro atoms. The Hall–Kier alpha value is -2.76. The van der Waals surface area contributed by atoms with Crippen LogP contribution in [-0.2, 0) is 12.8 Å². The fourth-order valence-corrected chi connectivity index (χ4v) is 3.75. The van der Waals surface area contributed by atoms with Crippen LogP contribution in [0.25, 0.3) is 10.9 Å². The van der Waals surface area contributed by atoms with Gasteiger partial charge in [-0.2, -0.15) is 0 Å². The number of fused-ring (bicyclic) bond motifs is 4. The Kier molecular flexibility index (Phi) is 3.07. The third-order valence-electron chi connectivity index (χ3n) is 4.88. The molecule has 3 heterocycles. The largest absolute Gasteiger partial charge is 0.485 e. The summed E-state index contributed by atoms with van der Waals surface area (Å²) in [6.45, 7) is 1.43. The van der Waals surface area contributed by atoms with Crippen LogP contribution < -0.4 is 15.4 Å². The van der Waals surface area contributed by atoms with Crippen molar-refractivity contribution in [3.05, 3.63) is 41.9 Å². The molecule has 0 radical (unpaired) electrons. The van der Waals surface area contributed by atoms with Crippen molar-refractivity contribution in [1.82, 2.24) is 15.0 Å². The van der Waals surface area contributed by atoms with Crippen molar-refractivity contribution in [2.45, 2.75) is 25.3 Å². The van der Waals surface area contributed by atoms with E-state index in [-0.39, 0.29) is 0 Å². The van der Waals surface area contributed by atoms with Crippen molar-refractivity contribution in [2.24, 2.45) is 0 Å². The standard InChI is InChI=1S/C18H19N5O/c1-2-4-14-12(3-1)13-9-11(5-6-15(13)23-14)22-18-16-17(20-10-21-18)19-7-8-24-16/h1-4,10-11,23H,5-9H2,(H2,19,20,21,22)/t11-/m1/s1. The number of nitrogens with zero attached hydrogens (tertiary/aromatic N) is 2. The van der Waals surface area contributed by atoms with Gasteiger partial charge in [0.2, 0.25) is 5.75 Å². The molecule has 1 aliphatic carbocycles. The van der Waals surface area contributed by atoms with Crippen molar-refractivity contribution in [1.29, 1.82) is 0 Å². The molecular weight excluding hydrogens is 302 g/mol. The molecule has 0 saturated carbocycles. The summed E-state index contributed by atoms with van der Waals surface area (Å²) in [6, 6.07) is 8.88. The highest BCUT2D eigenvalue weighted by Gasteiger charge is 2.25. The van der Waals surface area contributed by atoms with E-state index < -0.39 is 0 Å². The summed E-state index contributed by atoms with van der Waals surface area (Å²) in [5.41, 5.74) is 4.03. The molecule has 0 saturated heterocycles. The van der Waals surface area contributed by atoms with Gasteiger partial charge in [-0.3, -0.25) is 0 Å². The number of rotatable bonds is 2. The number of aromatic amines is 1. The third-order valence-corrected chi connectivity index (χ3v) is 4.88. The van der Waals surface area contributed by atoms with Gasteiger partial charge >= 0.3 is 0 Å². The lowest BCUT2D eigenvalue weighted by Crippen LogP contribution is -2.29. The van der Waals surface area contributed by atoms with Gasteiger partial charge in [-0.25, -0.2) is 9.97 Å². The van der Waals surface area contributed by atoms with E-state index in [1.165, 1.54) is 22.2 Å². The molecule has 0 unspecified atom stereocenters. The van der Waals surface area contributed by atoms with Crippen LogP contribution in [0.15, 0.2) is 30.6 Å². The summed E-state index contributed by atoms with van der Waals surface area (Å²) in [7, 11) is 0. The van der Waals surface area contributed by atoms with E-state index in [0.29, 0.717) is 12.6 Å². The molecule has 0 amide bonds. The zero-order chi connectivity index (χ0) is 15.9. The normalized spacial score (nSPS) is 19.1. The van der Waals surface area contributed by atoms with E-state index in [0.717, 1.165) is 43.2 Å². The van der Waals surface area contributed by atoms with Crippen molar-refractivity contribution >= 4 is 22.5 Å². The highest BCUT2D eigenvalue weighted by molar-refractivity contribution is 5.85. The first kappa shape index (κ1) is 13.7. The predicted molar refractivity (Wildman–Crippen MR) is 93.8 cm³/mol. The van der Waals surface area contributed by atoms with Gasteiger partial charge in [-0.15, -0.1) is 0 Å². The van der Waals surface area contributed by atoms with Crippen molar-refractivity contribution < 1.29 is 4.74 Å².